The third kappa shape index (κ3) is 5.14. The molecule has 0 aliphatic heterocycles. The summed E-state index contributed by atoms with van der Waals surface area (Å²) in [6.45, 7) is 2.87. The monoisotopic (exact) mass is 640 g/mol. The Morgan fingerprint density at radius 2 is 0.960 bits per heavy atom. The molecule has 0 saturated carbocycles. The Morgan fingerprint density at radius 3 is 1.66 bits per heavy atom. The second kappa shape index (κ2) is 12.6. The van der Waals surface area contributed by atoms with E-state index in [0.29, 0.717) is 0 Å². The van der Waals surface area contributed by atoms with Crippen molar-refractivity contribution in [1.82, 2.24) is 9.13 Å². The number of allylic oxidation sites excluding steroid dienone is 4. The number of hydrogen-bond donors (Lipinski definition) is 0. The first-order valence-electron chi connectivity index (χ1n) is 17.4. The summed E-state index contributed by atoms with van der Waals surface area (Å²) in [5.41, 5.74) is 13.3. The van der Waals surface area contributed by atoms with Gasteiger partial charge in [-0.25, -0.2) is 0 Å². The van der Waals surface area contributed by atoms with Crippen LogP contribution in [0.15, 0.2) is 188 Å². The molecule has 2 heteroatoms. The molecule has 0 bridgehead atoms. The van der Waals surface area contributed by atoms with Crippen LogP contribution in [-0.2, 0) is 6.54 Å². The molecule has 0 aliphatic carbocycles. The molecule has 0 N–H and O–H groups in total. The minimum Gasteiger partial charge on any atom is -0.337 e. The van der Waals surface area contributed by atoms with Crippen molar-refractivity contribution in [2.24, 2.45) is 0 Å². The largest absolute Gasteiger partial charge is 0.337 e. The van der Waals surface area contributed by atoms with Gasteiger partial charge in [0.05, 0.1) is 11.0 Å². The van der Waals surface area contributed by atoms with Crippen molar-refractivity contribution in [1.29, 1.82) is 0 Å². The van der Waals surface area contributed by atoms with Crippen molar-refractivity contribution in [2.45, 2.75) is 13.5 Å². The van der Waals surface area contributed by atoms with Crippen LogP contribution in [0.5, 0.6) is 0 Å². The van der Waals surface area contributed by atoms with Crippen LogP contribution in [0.4, 0.5) is 0 Å². The number of rotatable bonds is 7. The standard InChI is InChI=1S/C48H36N2/c1-2-3-4-15-28-49-45-22-13-11-21-42(45)44-32-36(25-27-46(44)49)37-24-26-43-41-20-12-14-23-47(41)50(48(43)33-37)40-30-38(34-16-7-5-8-17-34)29-39(31-40)35-18-9-6-10-19-35/h2-27,29-33H,28H2,1H3/b3-2-,15-4-. The van der Waals surface area contributed by atoms with Crippen LogP contribution >= 0.6 is 0 Å². The van der Waals surface area contributed by atoms with Gasteiger partial charge in [0.1, 0.15) is 0 Å². The average Bonchev–Trinajstić information content (AvgIpc) is 3.69. The fraction of sp³-hybridized carbons (Fsp3) is 0.0417. The van der Waals surface area contributed by atoms with Gasteiger partial charge in [-0.2, -0.15) is 0 Å². The number of para-hydroxylation sites is 2. The number of hydrogen-bond acceptors (Lipinski definition) is 0. The highest BCUT2D eigenvalue weighted by Gasteiger charge is 2.17. The van der Waals surface area contributed by atoms with Gasteiger partial charge in [-0.15, -0.1) is 0 Å². The van der Waals surface area contributed by atoms with Crippen LogP contribution < -0.4 is 0 Å². The number of benzene rings is 7. The summed E-state index contributed by atoms with van der Waals surface area (Å²) in [6.07, 6.45) is 8.50. The van der Waals surface area contributed by atoms with Gasteiger partial charge < -0.3 is 9.13 Å². The molecule has 0 aliphatic rings. The van der Waals surface area contributed by atoms with Gasteiger partial charge >= 0.3 is 0 Å². The zero-order chi connectivity index (χ0) is 33.4. The van der Waals surface area contributed by atoms with E-state index < -0.39 is 0 Å². The molecule has 0 radical (unpaired) electrons. The Morgan fingerprint density at radius 1 is 0.400 bits per heavy atom. The first-order chi connectivity index (χ1) is 24.8. The molecular formula is C48H36N2. The lowest BCUT2D eigenvalue weighted by molar-refractivity contribution is 0.899. The van der Waals surface area contributed by atoms with Crippen LogP contribution in [0.1, 0.15) is 6.92 Å². The molecule has 0 saturated heterocycles. The van der Waals surface area contributed by atoms with E-state index in [1.165, 1.54) is 77.0 Å². The van der Waals surface area contributed by atoms with E-state index in [1.807, 2.05) is 6.92 Å². The predicted octanol–water partition coefficient (Wildman–Crippen LogP) is 13.0. The number of nitrogens with zero attached hydrogens (tertiary/aromatic N) is 2. The Bertz CT molecular complexity index is 2660. The third-order valence-electron chi connectivity index (χ3n) is 9.90. The second-order valence-corrected chi connectivity index (χ2v) is 12.9. The van der Waals surface area contributed by atoms with Gasteiger partial charge in [0, 0.05) is 44.8 Å². The second-order valence-electron chi connectivity index (χ2n) is 12.9. The van der Waals surface area contributed by atoms with Crippen molar-refractivity contribution in [3.63, 3.8) is 0 Å². The van der Waals surface area contributed by atoms with E-state index in [1.54, 1.807) is 0 Å². The Kier molecular flexibility index (Phi) is 7.48. The molecule has 0 amide bonds. The van der Waals surface area contributed by atoms with E-state index in [-0.39, 0.29) is 0 Å². The zero-order valence-corrected chi connectivity index (χ0v) is 28.0. The fourth-order valence-electron chi connectivity index (χ4n) is 7.55. The number of fused-ring (bicyclic) bond motifs is 6. The van der Waals surface area contributed by atoms with Crippen molar-refractivity contribution in [2.75, 3.05) is 0 Å². The van der Waals surface area contributed by atoms with Crippen LogP contribution in [-0.4, -0.2) is 9.13 Å². The summed E-state index contributed by atoms with van der Waals surface area (Å²) in [6, 6.07) is 59.9. The fourth-order valence-corrected chi connectivity index (χ4v) is 7.55. The first kappa shape index (κ1) is 29.7. The lowest BCUT2D eigenvalue weighted by Crippen LogP contribution is -1.96. The maximum absolute atomic E-state index is 2.45. The summed E-state index contributed by atoms with van der Waals surface area (Å²) in [5.74, 6) is 0. The SMILES string of the molecule is C/C=C\C=C/Cn1c2ccccc2c2cc(-c3ccc4c5ccccc5n(-c5cc(-c6ccccc6)cc(-c6ccccc6)c5)c4c3)ccc21. The van der Waals surface area contributed by atoms with Crippen molar-refractivity contribution < 1.29 is 0 Å². The molecule has 0 spiro atoms. The van der Waals surface area contributed by atoms with Crippen LogP contribution in [0.25, 0.3) is 82.7 Å². The molecule has 0 unspecified atom stereocenters. The highest BCUT2D eigenvalue weighted by atomic mass is 15.0. The molecule has 2 aromatic heterocycles. The molecule has 50 heavy (non-hydrogen) atoms. The lowest BCUT2D eigenvalue weighted by Gasteiger charge is -2.14. The minimum absolute atomic E-state index is 0.826. The smallest absolute Gasteiger partial charge is 0.0547 e. The van der Waals surface area contributed by atoms with Gasteiger partial charge in [0.2, 0.25) is 0 Å². The maximum Gasteiger partial charge on any atom is 0.0547 e. The van der Waals surface area contributed by atoms with E-state index in [0.717, 1.165) is 12.2 Å². The van der Waals surface area contributed by atoms with E-state index in [9.17, 15) is 0 Å². The highest BCUT2D eigenvalue weighted by Crippen LogP contribution is 2.39. The molecule has 9 aromatic rings. The van der Waals surface area contributed by atoms with Gasteiger partial charge in [-0.05, 0) is 88.8 Å². The van der Waals surface area contributed by atoms with Gasteiger partial charge in [-0.3, -0.25) is 0 Å². The molecule has 238 valence electrons. The third-order valence-corrected chi connectivity index (χ3v) is 9.90. The Labute approximate surface area is 292 Å². The summed E-state index contributed by atoms with van der Waals surface area (Å²) < 4.78 is 4.87. The Balaban J connectivity index is 1.25. The summed E-state index contributed by atoms with van der Waals surface area (Å²) in [5, 5.41) is 5.07. The van der Waals surface area contributed by atoms with Gasteiger partial charge in [-0.1, -0.05) is 140 Å². The quantitative estimate of drug-likeness (QED) is 0.153. The van der Waals surface area contributed by atoms with E-state index in [2.05, 4.69) is 197 Å². The minimum atomic E-state index is 0.826. The summed E-state index contributed by atoms with van der Waals surface area (Å²) >= 11 is 0. The molecule has 2 heterocycles. The lowest BCUT2D eigenvalue weighted by atomic mass is 9.98. The highest BCUT2D eigenvalue weighted by molar-refractivity contribution is 6.12. The zero-order valence-electron chi connectivity index (χ0n) is 28.0. The summed E-state index contributed by atoms with van der Waals surface area (Å²) in [7, 11) is 0. The van der Waals surface area contributed by atoms with Crippen molar-refractivity contribution >= 4 is 43.6 Å². The Hall–Kier alpha value is -6.38. The predicted molar refractivity (Wildman–Crippen MR) is 214 cm³/mol. The van der Waals surface area contributed by atoms with Crippen molar-refractivity contribution in [3.05, 3.63) is 188 Å². The molecule has 0 fully saturated rings. The van der Waals surface area contributed by atoms with Gasteiger partial charge in [0.25, 0.3) is 0 Å². The first-order valence-corrected chi connectivity index (χ1v) is 17.4. The van der Waals surface area contributed by atoms with Crippen molar-refractivity contribution in [3.8, 4) is 39.1 Å². The normalized spacial score (nSPS) is 12.0. The van der Waals surface area contributed by atoms with Crippen LogP contribution in [0, 0.1) is 0 Å². The maximum atomic E-state index is 2.45. The van der Waals surface area contributed by atoms with Crippen LogP contribution in [0.2, 0.25) is 0 Å². The average molecular weight is 641 g/mol. The van der Waals surface area contributed by atoms with E-state index in [4.69, 9.17) is 0 Å². The molecular weight excluding hydrogens is 605 g/mol. The number of aromatic nitrogens is 2. The van der Waals surface area contributed by atoms with Gasteiger partial charge in [0.15, 0.2) is 0 Å². The molecule has 7 aromatic carbocycles. The van der Waals surface area contributed by atoms with E-state index >= 15 is 0 Å². The van der Waals surface area contributed by atoms with Crippen LogP contribution in [0.3, 0.4) is 0 Å². The molecule has 2 nitrogen and oxygen atoms in total. The summed E-state index contributed by atoms with van der Waals surface area (Å²) in [4.78, 5) is 0. The molecule has 0 atom stereocenters. The molecule has 9 rings (SSSR count). The topological polar surface area (TPSA) is 9.86 Å².